The number of carbonyl (C=O) groups is 1. The fourth-order valence-electron chi connectivity index (χ4n) is 2.93. The van der Waals surface area contributed by atoms with Gasteiger partial charge in [-0.25, -0.2) is 4.99 Å². The minimum absolute atomic E-state index is 0.0786. The topological polar surface area (TPSA) is 65.4 Å². The second kappa shape index (κ2) is 5.35. The van der Waals surface area contributed by atoms with Crippen LogP contribution < -0.4 is 0 Å². The number of amides is 1. The zero-order valence-corrected chi connectivity index (χ0v) is 13.6. The largest absolute Gasteiger partial charge is 0.494 e. The molecule has 4 nitrogen and oxygen atoms in total. The van der Waals surface area contributed by atoms with Crippen molar-refractivity contribution in [3.8, 4) is 17.1 Å². The second-order valence-corrected chi connectivity index (χ2v) is 6.12. The standard InChI is InChI=1S/C19H13ClN2O2/c1-10-6-8-11(9-7-10)16-14-15(19(24)21-16)17(22-18(14)23)12-4-2-3-5-13(12)20/h2-9,21,24H,1H3. The highest BCUT2D eigenvalue weighted by Crippen LogP contribution is 2.38. The number of aromatic hydroxyl groups is 1. The van der Waals surface area contributed by atoms with Crippen molar-refractivity contribution in [2.45, 2.75) is 6.92 Å². The van der Waals surface area contributed by atoms with Crippen LogP contribution in [0.3, 0.4) is 0 Å². The number of aromatic nitrogens is 1. The molecule has 0 saturated carbocycles. The van der Waals surface area contributed by atoms with Crippen molar-refractivity contribution in [2.75, 3.05) is 0 Å². The van der Waals surface area contributed by atoms with Crippen LogP contribution in [0.5, 0.6) is 5.88 Å². The van der Waals surface area contributed by atoms with E-state index in [1.54, 1.807) is 18.2 Å². The summed E-state index contributed by atoms with van der Waals surface area (Å²) in [7, 11) is 0. The Morgan fingerprint density at radius 3 is 2.46 bits per heavy atom. The maximum absolute atomic E-state index is 12.5. The van der Waals surface area contributed by atoms with Crippen molar-refractivity contribution in [3.63, 3.8) is 0 Å². The van der Waals surface area contributed by atoms with Gasteiger partial charge in [0.05, 0.1) is 22.5 Å². The van der Waals surface area contributed by atoms with Crippen LogP contribution in [0.4, 0.5) is 0 Å². The first-order chi connectivity index (χ1) is 11.6. The Bertz CT molecular complexity index is 1000. The fourth-order valence-corrected chi connectivity index (χ4v) is 3.15. The van der Waals surface area contributed by atoms with Crippen LogP contribution >= 0.6 is 11.6 Å². The lowest BCUT2D eigenvalue weighted by molar-refractivity contribution is 0.101. The Morgan fingerprint density at radius 1 is 1.04 bits per heavy atom. The highest BCUT2D eigenvalue weighted by atomic mass is 35.5. The molecule has 1 amide bonds. The number of H-pyrrole nitrogens is 1. The van der Waals surface area contributed by atoms with Crippen molar-refractivity contribution in [3.05, 3.63) is 75.8 Å². The van der Waals surface area contributed by atoms with Gasteiger partial charge in [-0.1, -0.05) is 59.6 Å². The lowest BCUT2D eigenvalue weighted by Gasteiger charge is -2.03. The number of aliphatic imine (C=N–C) groups is 1. The first kappa shape index (κ1) is 14.7. The van der Waals surface area contributed by atoms with Crippen molar-refractivity contribution < 1.29 is 9.90 Å². The molecule has 0 aliphatic carbocycles. The maximum Gasteiger partial charge on any atom is 0.280 e. The number of aromatic amines is 1. The van der Waals surface area contributed by atoms with Crippen LogP contribution in [-0.2, 0) is 0 Å². The summed E-state index contributed by atoms with van der Waals surface area (Å²) in [6, 6.07) is 14.8. The zero-order chi connectivity index (χ0) is 16.8. The highest BCUT2D eigenvalue weighted by molar-refractivity contribution is 6.38. The number of hydrogen-bond acceptors (Lipinski definition) is 2. The van der Waals surface area contributed by atoms with Gasteiger partial charge in [0, 0.05) is 10.6 Å². The molecule has 0 radical (unpaired) electrons. The lowest BCUT2D eigenvalue weighted by atomic mass is 10.00. The summed E-state index contributed by atoms with van der Waals surface area (Å²) >= 11 is 6.23. The lowest BCUT2D eigenvalue weighted by Crippen LogP contribution is -2.00. The fraction of sp³-hybridized carbons (Fsp3) is 0.0526. The number of nitrogens with zero attached hydrogens (tertiary/aromatic N) is 1. The van der Waals surface area contributed by atoms with E-state index in [0.29, 0.717) is 33.1 Å². The normalized spacial score (nSPS) is 13.1. The van der Waals surface area contributed by atoms with E-state index in [2.05, 4.69) is 9.98 Å². The van der Waals surface area contributed by atoms with Crippen LogP contribution in [0.2, 0.25) is 5.02 Å². The van der Waals surface area contributed by atoms with E-state index in [1.807, 2.05) is 37.3 Å². The van der Waals surface area contributed by atoms with Crippen LogP contribution in [-0.4, -0.2) is 21.7 Å². The number of benzene rings is 2. The Labute approximate surface area is 143 Å². The predicted molar refractivity (Wildman–Crippen MR) is 94.1 cm³/mol. The third-order valence-electron chi connectivity index (χ3n) is 4.11. The quantitative estimate of drug-likeness (QED) is 0.731. The molecule has 0 bridgehead atoms. The van der Waals surface area contributed by atoms with E-state index in [4.69, 9.17) is 11.6 Å². The molecule has 0 unspecified atom stereocenters. The summed E-state index contributed by atoms with van der Waals surface area (Å²) in [6.07, 6.45) is 0. The van der Waals surface area contributed by atoms with E-state index in [0.717, 1.165) is 11.1 Å². The summed E-state index contributed by atoms with van der Waals surface area (Å²) in [5.41, 5.74) is 4.31. The number of nitrogens with one attached hydrogen (secondary N) is 1. The molecule has 4 rings (SSSR count). The molecule has 1 aromatic heterocycles. The molecule has 0 fully saturated rings. The third-order valence-corrected chi connectivity index (χ3v) is 4.44. The van der Waals surface area contributed by atoms with Gasteiger partial charge < -0.3 is 10.1 Å². The van der Waals surface area contributed by atoms with Gasteiger partial charge in [0.2, 0.25) is 0 Å². The Morgan fingerprint density at radius 2 is 1.75 bits per heavy atom. The van der Waals surface area contributed by atoms with Crippen LogP contribution in [0.1, 0.15) is 27.0 Å². The molecule has 118 valence electrons. The van der Waals surface area contributed by atoms with Gasteiger partial charge in [-0.2, -0.15) is 0 Å². The monoisotopic (exact) mass is 336 g/mol. The molecule has 5 heteroatoms. The van der Waals surface area contributed by atoms with Crippen LogP contribution in [0.25, 0.3) is 11.3 Å². The molecule has 24 heavy (non-hydrogen) atoms. The molecule has 0 spiro atoms. The molecule has 1 aliphatic heterocycles. The van der Waals surface area contributed by atoms with Gasteiger partial charge in [0.15, 0.2) is 5.88 Å². The van der Waals surface area contributed by atoms with E-state index >= 15 is 0 Å². The SMILES string of the molecule is Cc1ccc(-c2[nH]c(O)c3c2C(=O)N=C3c2ccccc2Cl)cc1. The second-order valence-electron chi connectivity index (χ2n) is 5.71. The molecule has 2 heterocycles. The Hall–Kier alpha value is -2.85. The molecule has 1 aliphatic rings. The smallest absolute Gasteiger partial charge is 0.280 e. The highest BCUT2D eigenvalue weighted by Gasteiger charge is 2.34. The molecular weight excluding hydrogens is 324 g/mol. The number of halogens is 1. The van der Waals surface area contributed by atoms with Gasteiger partial charge in [-0.15, -0.1) is 0 Å². The molecule has 0 atom stereocenters. The third kappa shape index (κ3) is 2.15. The number of aryl methyl sites for hydroxylation is 1. The summed E-state index contributed by atoms with van der Waals surface area (Å²) in [5.74, 6) is -0.461. The van der Waals surface area contributed by atoms with Gasteiger partial charge in [0.25, 0.3) is 5.91 Å². The molecule has 2 N–H and O–H groups in total. The summed E-state index contributed by atoms with van der Waals surface area (Å²) in [6.45, 7) is 1.99. The number of rotatable bonds is 2. The molecule has 0 saturated heterocycles. The van der Waals surface area contributed by atoms with E-state index in [9.17, 15) is 9.90 Å². The average molecular weight is 337 g/mol. The first-order valence-corrected chi connectivity index (χ1v) is 7.84. The van der Waals surface area contributed by atoms with Gasteiger partial charge >= 0.3 is 0 Å². The van der Waals surface area contributed by atoms with E-state index < -0.39 is 0 Å². The Balaban J connectivity index is 1.91. The van der Waals surface area contributed by atoms with Crippen molar-refractivity contribution in [1.29, 1.82) is 0 Å². The van der Waals surface area contributed by atoms with Crippen molar-refractivity contribution in [1.82, 2.24) is 4.98 Å². The molecule has 3 aromatic rings. The number of carbonyl (C=O) groups excluding carboxylic acids is 1. The maximum atomic E-state index is 12.5. The van der Waals surface area contributed by atoms with Crippen molar-refractivity contribution >= 4 is 23.2 Å². The van der Waals surface area contributed by atoms with Crippen molar-refractivity contribution in [2.24, 2.45) is 4.99 Å². The summed E-state index contributed by atoms with van der Waals surface area (Å²) in [4.78, 5) is 19.5. The van der Waals surface area contributed by atoms with Gasteiger partial charge in [0.1, 0.15) is 0 Å². The summed E-state index contributed by atoms with van der Waals surface area (Å²) in [5, 5.41) is 10.9. The predicted octanol–water partition coefficient (Wildman–Crippen LogP) is 4.34. The number of hydrogen-bond donors (Lipinski definition) is 2. The van der Waals surface area contributed by atoms with Gasteiger partial charge in [-0.3, -0.25) is 4.79 Å². The van der Waals surface area contributed by atoms with Crippen LogP contribution in [0.15, 0.2) is 53.5 Å². The zero-order valence-electron chi connectivity index (χ0n) is 12.8. The van der Waals surface area contributed by atoms with Crippen LogP contribution in [0, 0.1) is 6.92 Å². The average Bonchev–Trinajstić information content (AvgIpc) is 3.08. The van der Waals surface area contributed by atoms with E-state index in [1.165, 1.54) is 0 Å². The summed E-state index contributed by atoms with van der Waals surface area (Å²) < 4.78 is 0. The minimum Gasteiger partial charge on any atom is -0.494 e. The Kier molecular flexibility index (Phi) is 3.28. The van der Waals surface area contributed by atoms with E-state index in [-0.39, 0.29) is 11.8 Å². The minimum atomic E-state index is -0.382. The molecular formula is C19H13ClN2O2. The van der Waals surface area contributed by atoms with Gasteiger partial charge in [-0.05, 0) is 18.6 Å². The molecule has 2 aromatic carbocycles. The first-order valence-electron chi connectivity index (χ1n) is 7.46. The number of fused-ring (bicyclic) bond motifs is 1.